The Hall–Kier alpha value is -0.600. The summed E-state index contributed by atoms with van der Waals surface area (Å²) in [5.74, 6) is 1.51. The molecule has 0 spiro atoms. The van der Waals surface area contributed by atoms with E-state index in [9.17, 15) is 4.21 Å². The van der Waals surface area contributed by atoms with Crippen LogP contribution in [-0.4, -0.2) is 57.2 Å². The van der Waals surface area contributed by atoms with Gasteiger partial charge in [-0.05, 0) is 20.8 Å². The third kappa shape index (κ3) is 3.46. The van der Waals surface area contributed by atoms with Crippen molar-refractivity contribution in [3.63, 3.8) is 0 Å². The van der Waals surface area contributed by atoms with Crippen molar-refractivity contribution in [1.29, 1.82) is 5.26 Å². The van der Waals surface area contributed by atoms with Gasteiger partial charge >= 0.3 is 0 Å². The van der Waals surface area contributed by atoms with Crippen molar-refractivity contribution in [2.24, 2.45) is 0 Å². The molecule has 0 aromatic carbocycles. The maximum Gasteiger partial charge on any atom is 0.179 e. The van der Waals surface area contributed by atoms with Crippen molar-refractivity contribution in [3.05, 3.63) is 0 Å². The van der Waals surface area contributed by atoms with Crippen LogP contribution in [0.15, 0.2) is 0 Å². The third-order valence-corrected chi connectivity index (χ3v) is 4.79. The van der Waals surface area contributed by atoms with Gasteiger partial charge in [0.2, 0.25) is 0 Å². The zero-order valence-electron chi connectivity index (χ0n) is 10.4. The van der Waals surface area contributed by atoms with Gasteiger partial charge in [-0.1, -0.05) is 0 Å². The molecule has 5 heteroatoms. The molecule has 1 aliphatic rings. The van der Waals surface area contributed by atoms with Crippen LogP contribution in [0.1, 0.15) is 20.8 Å². The molecule has 0 aromatic heterocycles. The highest BCUT2D eigenvalue weighted by molar-refractivity contribution is 7.85. The monoisotopic (exact) mass is 243 g/mol. The normalized spacial score (nSPS) is 25.0. The first kappa shape index (κ1) is 13.5. The van der Waals surface area contributed by atoms with Gasteiger partial charge in [-0.3, -0.25) is 9.11 Å². The number of nitrogens with zero attached hydrogens (tertiary/aromatic N) is 3. The minimum atomic E-state index is -0.668. The molecule has 1 saturated heterocycles. The van der Waals surface area contributed by atoms with Gasteiger partial charge in [0.1, 0.15) is 0 Å². The molecular weight excluding hydrogens is 222 g/mol. The van der Waals surface area contributed by atoms with Gasteiger partial charge in [-0.2, -0.15) is 5.26 Å². The number of likely N-dealkylation sites (N-methyl/N-ethyl adjacent to an activating group) is 1. The zero-order valence-corrected chi connectivity index (χ0v) is 11.2. The third-order valence-electron chi connectivity index (χ3n) is 3.12. The summed E-state index contributed by atoms with van der Waals surface area (Å²) >= 11 is 0. The topological polar surface area (TPSA) is 47.3 Å². The predicted molar refractivity (Wildman–Crippen MR) is 66.4 cm³/mol. The van der Waals surface area contributed by atoms with Crippen molar-refractivity contribution in [2.45, 2.75) is 26.3 Å². The van der Waals surface area contributed by atoms with Crippen LogP contribution in [0.4, 0.5) is 0 Å². The van der Waals surface area contributed by atoms with Crippen LogP contribution < -0.4 is 0 Å². The van der Waals surface area contributed by atoms with Crippen molar-refractivity contribution in [1.82, 2.24) is 9.80 Å². The summed E-state index contributed by atoms with van der Waals surface area (Å²) in [5, 5.41) is 8.84. The zero-order chi connectivity index (χ0) is 12.2. The average molecular weight is 243 g/mol. The van der Waals surface area contributed by atoms with E-state index < -0.39 is 10.8 Å². The Morgan fingerprint density at radius 2 is 2.25 bits per heavy atom. The highest BCUT2D eigenvalue weighted by Crippen LogP contribution is 2.20. The summed E-state index contributed by atoms with van der Waals surface area (Å²) in [4.78, 5) is 4.09. The fourth-order valence-corrected chi connectivity index (χ4v) is 3.55. The number of nitriles is 1. The van der Waals surface area contributed by atoms with Crippen molar-refractivity contribution in [3.8, 4) is 6.19 Å². The maximum absolute atomic E-state index is 11.5. The van der Waals surface area contributed by atoms with E-state index >= 15 is 0 Å². The molecule has 1 aliphatic heterocycles. The summed E-state index contributed by atoms with van der Waals surface area (Å²) in [6.07, 6.45) is 2.17. The molecule has 0 aliphatic carbocycles. The Balaban J connectivity index is 2.48. The molecule has 4 nitrogen and oxygen atoms in total. The Bertz CT molecular complexity index is 298. The standard InChI is InChI=1S/C11H21N3OS/c1-4-13(10-12)5-6-14-7-8-16(15)9-11(14,2)3/h4-9H2,1-3H3. The molecule has 0 N–H and O–H groups in total. The second-order valence-electron chi connectivity index (χ2n) is 4.77. The Kier molecular flexibility index (Phi) is 4.75. The van der Waals surface area contributed by atoms with Gasteiger partial charge in [0.05, 0.1) is 0 Å². The van der Waals surface area contributed by atoms with Crippen LogP contribution in [0.3, 0.4) is 0 Å². The summed E-state index contributed by atoms with van der Waals surface area (Å²) in [7, 11) is -0.668. The smallest absolute Gasteiger partial charge is 0.179 e. The fraction of sp³-hybridized carbons (Fsp3) is 0.909. The molecule has 1 heterocycles. The molecule has 0 aromatic rings. The fourth-order valence-electron chi connectivity index (χ4n) is 2.01. The second-order valence-corrected chi connectivity index (χ2v) is 6.34. The highest BCUT2D eigenvalue weighted by Gasteiger charge is 2.32. The second kappa shape index (κ2) is 5.65. The molecule has 0 bridgehead atoms. The van der Waals surface area contributed by atoms with Crippen LogP contribution in [0.2, 0.25) is 0 Å². The first-order valence-corrected chi connectivity index (χ1v) is 7.23. The number of hydrogen-bond donors (Lipinski definition) is 0. The summed E-state index contributed by atoms with van der Waals surface area (Å²) in [5.41, 5.74) is -0.00201. The van der Waals surface area contributed by atoms with E-state index in [-0.39, 0.29) is 5.54 Å². The highest BCUT2D eigenvalue weighted by atomic mass is 32.2. The Morgan fingerprint density at radius 1 is 1.56 bits per heavy atom. The van der Waals surface area contributed by atoms with E-state index in [1.807, 2.05) is 6.92 Å². The minimum Gasteiger partial charge on any atom is -0.310 e. The molecule has 0 amide bonds. The van der Waals surface area contributed by atoms with Crippen molar-refractivity contribution in [2.75, 3.05) is 37.7 Å². The van der Waals surface area contributed by atoms with Gasteiger partial charge < -0.3 is 4.90 Å². The lowest BCUT2D eigenvalue weighted by molar-refractivity contribution is 0.131. The molecule has 16 heavy (non-hydrogen) atoms. The lowest BCUT2D eigenvalue weighted by Crippen LogP contribution is -2.55. The molecule has 1 atom stereocenters. The van der Waals surface area contributed by atoms with Gasteiger partial charge in [0.15, 0.2) is 6.19 Å². The molecule has 0 saturated carbocycles. The van der Waals surface area contributed by atoms with Gasteiger partial charge in [0.25, 0.3) is 0 Å². The first-order valence-electron chi connectivity index (χ1n) is 5.74. The van der Waals surface area contributed by atoms with Crippen LogP contribution in [0, 0.1) is 11.5 Å². The molecule has 0 radical (unpaired) electrons. The van der Waals surface area contributed by atoms with Crippen molar-refractivity contribution >= 4 is 10.8 Å². The van der Waals surface area contributed by atoms with Crippen LogP contribution in [-0.2, 0) is 10.8 Å². The van der Waals surface area contributed by atoms with Crippen LogP contribution >= 0.6 is 0 Å². The summed E-state index contributed by atoms with van der Waals surface area (Å²) in [6, 6.07) is 0. The van der Waals surface area contributed by atoms with Gasteiger partial charge in [0, 0.05) is 54.0 Å². The van der Waals surface area contributed by atoms with E-state index in [1.54, 1.807) is 4.90 Å². The van der Waals surface area contributed by atoms with Crippen LogP contribution in [0.25, 0.3) is 0 Å². The predicted octanol–water partition coefficient (Wildman–Crippen LogP) is 0.632. The van der Waals surface area contributed by atoms with Crippen molar-refractivity contribution < 1.29 is 4.21 Å². The van der Waals surface area contributed by atoms with Gasteiger partial charge in [-0.15, -0.1) is 0 Å². The summed E-state index contributed by atoms with van der Waals surface area (Å²) < 4.78 is 11.5. The Morgan fingerprint density at radius 3 is 2.75 bits per heavy atom. The molecule has 92 valence electrons. The number of rotatable bonds is 4. The van der Waals surface area contributed by atoms with Gasteiger partial charge in [-0.25, -0.2) is 0 Å². The van der Waals surface area contributed by atoms with E-state index in [2.05, 4.69) is 24.9 Å². The number of hydrogen-bond acceptors (Lipinski definition) is 4. The van der Waals surface area contributed by atoms with E-state index in [0.717, 1.165) is 37.7 Å². The molecular formula is C11H21N3OS. The lowest BCUT2D eigenvalue weighted by atomic mass is 10.1. The van der Waals surface area contributed by atoms with Crippen LogP contribution in [0.5, 0.6) is 0 Å². The maximum atomic E-state index is 11.5. The quantitative estimate of drug-likeness (QED) is 0.537. The summed E-state index contributed by atoms with van der Waals surface area (Å²) in [6.45, 7) is 9.53. The molecule has 1 rings (SSSR count). The SMILES string of the molecule is CCN(C#N)CCN1CCS(=O)CC1(C)C. The van der Waals surface area contributed by atoms with E-state index in [1.165, 1.54) is 0 Å². The lowest BCUT2D eigenvalue weighted by Gasteiger charge is -2.42. The first-order chi connectivity index (χ1) is 7.49. The average Bonchev–Trinajstić information content (AvgIpc) is 2.21. The minimum absolute atomic E-state index is 0.00201. The largest absolute Gasteiger partial charge is 0.310 e. The Labute approximate surface area is 101 Å². The van der Waals surface area contributed by atoms with E-state index in [0.29, 0.717) is 0 Å². The van der Waals surface area contributed by atoms with E-state index in [4.69, 9.17) is 5.26 Å². The molecule has 1 unspecified atom stereocenters. The molecule has 1 fully saturated rings.